The first-order valence-electron chi connectivity index (χ1n) is 8.08. The summed E-state index contributed by atoms with van der Waals surface area (Å²) in [4.78, 5) is 15.3. The highest BCUT2D eigenvalue weighted by Crippen LogP contribution is 2.27. The lowest BCUT2D eigenvalue weighted by molar-refractivity contribution is -0.116. The molecule has 0 bridgehead atoms. The van der Waals surface area contributed by atoms with E-state index in [-0.39, 0.29) is 18.2 Å². The van der Waals surface area contributed by atoms with Crippen molar-refractivity contribution in [1.29, 1.82) is 0 Å². The van der Waals surface area contributed by atoms with E-state index in [1.165, 1.54) is 0 Å². The molecule has 0 aromatic heterocycles. The Kier molecular flexibility index (Phi) is 6.27. The standard InChI is InChI=1S/C18H23N3O3S/c1-4-25(23,24)20-11-13(2)9-16(12-19-3)14-5-7-17-15(10-14)6-8-18(22)21-17/h5,7,9-10,12,20H,3-4,6,8,11H2,1-2H3,(H,21,22)/b13-9+,16-12+. The normalized spacial score (nSPS) is 15.5. The number of rotatable bonds is 7. The van der Waals surface area contributed by atoms with Crippen LogP contribution in [0.5, 0.6) is 0 Å². The molecule has 0 saturated carbocycles. The summed E-state index contributed by atoms with van der Waals surface area (Å²) in [6.07, 6.45) is 4.70. The second kappa shape index (κ2) is 8.22. The van der Waals surface area contributed by atoms with Gasteiger partial charge in [-0.05, 0) is 55.8 Å². The van der Waals surface area contributed by atoms with Crippen molar-refractivity contribution in [3.8, 4) is 0 Å². The van der Waals surface area contributed by atoms with Crippen molar-refractivity contribution in [3.63, 3.8) is 0 Å². The van der Waals surface area contributed by atoms with Gasteiger partial charge in [-0.25, -0.2) is 13.1 Å². The molecule has 7 heteroatoms. The first-order chi connectivity index (χ1) is 11.8. The summed E-state index contributed by atoms with van der Waals surface area (Å²) >= 11 is 0. The van der Waals surface area contributed by atoms with Crippen LogP contribution >= 0.6 is 0 Å². The summed E-state index contributed by atoms with van der Waals surface area (Å²) in [5.41, 5.74) is 4.55. The van der Waals surface area contributed by atoms with Crippen LogP contribution < -0.4 is 10.0 Å². The fourth-order valence-corrected chi connectivity index (χ4v) is 3.15. The molecule has 1 aromatic carbocycles. The lowest BCUT2D eigenvalue weighted by atomic mass is 9.96. The van der Waals surface area contributed by atoms with Crippen molar-refractivity contribution < 1.29 is 13.2 Å². The number of fused-ring (bicyclic) bond motifs is 1. The van der Waals surface area contributed by atoms with Gasteiger partial charge in [0.25, 0.3) is 0 Å². The molecule has 6 nitrogen and oxygen atoms in total. The van der Waals surface area contributed by atoms with Crippen LogP contribution in [0.1, 0.15) is 31.4 Å². The number of hydrogen-bond acceptors (Lipinski definition) is 4. The van der Waals surface area contributed by atoms with Crippen LogP contribution in [-0.2, 0) is 21.2 Å². The van der Waals surface area contributed by atoms with E-state index in [0.717, 1.165) is 28.0 Å². The molecule has 2 rings (SSSR count). The van der Waals surface area contributed by atoms with Crippen molar-refractivity contribution in [2.75, 3.05) is 17.6 Å². The molecule has 0 unspecified atom stereocenters. The third-order valence-corrected chi connectivity index (χ3v) is 5.26. The first-order valence-corrected chi connectivity index (χ1v) is 9.73. The summed E-state index contributed by atoms with van der Waals surface area (Å²) in [5.74, 6) is 0.0796. The largest absolute Gasteiger partial charge is 0.326 e. The van der Waals surface area contributed by atoms with Crippen LogP contribution in [0.3, 0.4) is 0 Å². The van der Waals surface area contributed by atoms with E-state index in [1.807, 2.05) is 31.2 Å². The Bertz CT molecular complexity index is 839. The quantitative estimate of drug-likeness (QED) is 0.578. The Morgan fingerprint density at radius 2 is 2.16 bits per heavy atom. The zero-order valence-electron chi connectivity index (χ0n) is 14.5. The Hall–Kier alpha value is -2.25. The summed E-state index contributed by atoms with van der Waals surface area (Å²) < 4.78 is 25.7. The monoisotopic (exact) mass is 361 g/mol. The number of sulfonamides is 1. The lowest BCUT2D eigenvalue weighted by Crippen LogP contribution is -2.26. The molecular weight excluding hydrogens is 338 g/mol. The fourth-order valence-electron chi connectivity index (χ4n) is 2.50. The molecule has 134 valence electrons. The molecule has 0 saturated heterocycles. The number of nitrogens with one attached hydrogen (secondary N) is 2. The van der Waals surface area contributed by atoms with E-state index in [4.69, 9.17) is 0 Å². The van der Waals surface area contributed by atoms with Gasteiger partial charge in [-0.1, -0.05) is 17.7 Å². The van der Waals surface area contributed by atoms with Gasteiger partial charge in [0, 0.05) is 24.9 Å². The molecule has 0 atom stereocenters. The number of hydrogen-bond donors (Lipinski definition) is 2. The number of aryl methyl sites for hydroxylation is 1. The van der Waals surface area contributed by atoms with Crippen molar-refractivity contribution in [2.24, 2.45) is 4.99 Å². The minimum absolute atomic E-state index is 0.0303. The van der Waals surface area contributed by atoms with E-state index in [0.29, 0.717) is 12.8 Å². The Balaban J connectivity index is 2.24. The first kappa shape index (κ1) is 19.1. The maximum Gasteiger partial charge on any atom is 0.224 e. The molecule has 1 heterocycles. The fraction of sp³-hybridized carbons (Fsp3) is 0.333. The number of amides is 1. The number of carbonyl (C=O) groups is 1. The molecule has 1 amide bonds. The minimum Gasteiger partial charge on any atom is -0.326 e. The molecular formula is C18H23N3O3S. The molecule has 1 aliphatic rings. The number of benzene rings is 1. The van der Waals surface area contributed by atoms with E-state index in [2.05, 4.69) is 21.7 Å². The maximum absolute atomic E-state index is 11.6. The van der Waals surface area contributed by atoms with Gasteiger partial charge in [-0.15, -0.1) is 0 Å². The lowest BCUT2D eigenvalue weighted by Gasteiger charge is -2.18. The summed E-state index contributed by atoms with van der Waals surface area (Å²) in [5, 5.41) is 2.86. The van der Waals surface area contributed by atoms with Gasteiger partial charge >= 0.3 is 0 Å². The van der Waals surface area contributed by atoms with E-state index < -0.39 is 10.0 Å². The number of nitrogens with zero attached hydrogens (tertiary/aromatic N) is 1. The summed E-state index contributed by atoms with van der Waals surface area (Å²) in [6, 6.07) is 5.80. The van der Waals surface area contributed by atoms with Crippen LogP contribution in [-0.4, -0.2) is 33.3 Å². The third-order valence-electron chi connectivity index (χ3n) is 3.92. The van der Waals surface area contributed by atoms with Crippen LogP contribution in [0.2, 0.25) is 0 Å². The van der Waals surface area contributed by atoms with Gasteiger partial charge in [-0.3, -0.25) is 9.79 Å². The van der Waals surface area contributed by atoms with Crippen molar-refractivity contribution >= 4 is 33.9 Å². The smallest absolute Gasteiger partial charge is 0.224 e. The van der Waals surface area contributed by atoms with Gasteiger partial charge in [0.2, 0.25) is 15.9 Å². The Morgan fingerprint density at radius 3 is 2.84 bits per heavy atom. The van der Waals surface area contributed by atoms with Crippen molar-refractivity contribution in [2.45, 2.75) is 26.7 Å². The maximum atomic E-state index is 11.6. The average Bonchev–Trinajstić information content (AvgIpc) is 2.59. The topological polar surface area (TPSA) is 87.6 Å². The van der Waals surface area contributed by atoms with E-state index in [1.54, 1.807) is 13.1 Å². The number of aliphatic imine (C=N–C) groups is 1. The predicted molar refractivity (Wildman–Crippen MR) is 102 cm³/mol. The molecule has 25 heavy (non-hydrogen) atoms. The molecule has 1 aliphatic heterocycles. The molecule has 2 N–H and O–H groups in total. The summed E-state index contributed by atoms with van der Waals surface area (Å²) in [6.45, 7) is 7.20. The Labute approximate surface area is 148 Å². The number of anilines is 1. The van der Waals surface area contributed by atoms with E-state index in [9.17, 15) is 13.2 Å². The second-order valence-corrected chi connectivity index (χ2v) is 8.00. The van der Waals surface area contributed by atoms with Gasteiger partial charge < -0.3 is 5.32 Å². The van der Waals surface area contributed by atoms with Crippen LogP contribution in [0.15, 0.2) is 41.0 Å². The highest BCUT2D eigenvalue weighted by molar-refractivity contribution is 7.89. The SMILES string of the molecule is C=N/C=C(\C=C(/C)CNS(=O)(=O)CC)c1ccc2c(c1)CCC(=O)N2. The van der Waals surface area contributed by atoms with Crippen LogP contribution in [0, 0.1) is 0 Å². The zero-order chi connectivity index (χ0) is 18.4. The number of allylic oxidation sites excluding steroid dienone is 2. The molecule has 0 aliphatic carbocycles. The third kappa shape index (κ3) is 5.37. The Morgan fingerprint density at radius 1 is 1.40 bits per heavy atom. The minimum atomic E-state index is -3.23. The van der Waals surface area contributed by atoms with Gasteiger partial charge in [0.1, 0.15) is 0 Å². The predicted octanol–water partition coefficient (Wildman–Crippen LogP) is 2.50. The van der Waals surface area contributed by atoms with Gasteiger partial charge in [0.15, 0.2) is 0 Å². The molecule has 1 aromatic rings. The van der Waals surface area contributed by atoms with Crippen LogP contribution in [0.25, 0.3) is 5.57 Å². The molecule has 0 fully saturated rings. The number of carbonyl (C=O) groups excluding carboxylic acids is 1. The van der Waals surface area contributed by atoms with E-state index >= 15 is 0 Å². The highest BCUT2D eigenvalue weighted by atomic mass is 32.2. The van der Waals surface area contributed by atoms with Crippen molar-refractivity contribution in [1.82, 2.24) is 4.72 Å². The van der Waals surface area contributed by atoms with Crippen LogP contribution in [0.4, 0.5) is 5.69 Å². The summed E-state index contributed by atoms with van der Waals surface area (Å²) in [7, 11) is -3.23. The van der Waals surface area contributed by atoms with Gasteiger partial charge in [0.05, 0.1) is 5.75 Å². The zero-order valence-corrected chi connectivity index (χ0v) is 15.3. The van der Waals surface area contributed by atoms with Crippen molar-refractivity contribution in [3.05, 3.63) is 47.2 Å². The van der Waals surface area contributed by atoms with Gasteiger partial charge in [-0.2, -0.15) is 0 Å². The molecule has 0 spiro atoms. The second-order valence-electron chi connectivity index (χ2n) is 5.90. The highest BCUT2D eigenvalue weighted by Gasteiger charge is 2.15. The average molecular weight is 361 g/mol. The molecule has 0 radical (unpaired) electrons.